The normalized spacial score (nSPS) is 17.2. The number of aromatic hydroxyl groups is 1. The van der Waals surface area contributed by atoms with Crippen molar-refractivity contribution >= 4 is 5.78 Å². The van der Waals surface area contributed by atoms with Crippen LogP contribution in [0, 0.1) is 5.41 Å². The molecule has 0 saturated heterocycles. The lowest BCUT2D eigenvalue weighted by Gasteiger charge is -2.33. The minimum Gasteiger partial charge on any atom is -0.512 e. The van der Waals surface area contributed by atoms with Crippen LogP contribution < -0.4 is 16.0 Å². The van der Waals surface area contributed by atoms with E-state index in [0.29, 0.717) is 11.3 Å². The van der Waals surface area contributed by atoms with Gasteiger partial charge >= 0.3 is 5.69 Å². The molecule has 1 aromatic heterocycles. The van der Waals surface area contributed by atoms with Crippen LogP contribution in [-0.2, 0) is 18.9 Å². The smallest absolute Gasteiger partial charge is 0.333 e. The molecule has 0 saturated carbocycles. The quantitative estimate of drug-likeness (QED) is 0.793. The highest BCUT2D eigenvalue weighted by Crippen LogP contribution is 2.44. The van der Waals surface area contributed by atoms with Crippen LogP contribution in [-0.4, -0.2) is 32.2 Å². The summed E-state index contributed by atoms with van der Waals surface area (Å²) in [5, 5.41) is 21.6. The van der Waals surface area contributed by atoms with E-state index in [0.717, 1.165) is 9.13 Å². The second kappa shape index (κ2) is 7.51. The number of methoxy groups -OCH3 is 1. The Balaban J connectivity index is 2.37. The van der Waals surface area contributed by atoms with Crippen molar-refractivity contribution in [2.75, 3.05) is 7.11 Å². The van der Waals surface area contributed by atoms with Crippen molar-refractivity contribution in [1.29, 1.82) is 0 Å². The molecule has 8 heteroatoms. The molecular weight excluding hydrogens is 388 g/mol. The molecule has 3 rings (SSSR count). The Morgan fingerprint density at radius 2 is 1.60 bits per heavy atom. The summed E-state index contributed by atoms with van der Waals surface area (Å²) in [6, 6.07) is 6.67. The standard InChI is InChI=1S/C22H26N2O6/c1-22(2)10-14(25)17(15(26)11-22)16(12-6-8-13(30-5)9-7-12)18-19(27)23(3)21(29)24(4)20(18)28/h6-9,16,25,27H,10-11H2,1-5H3. The van der Waals surface area contributed by atoms with Crippen molar-refractivity contribution in [2.24, 2.45) is 19.5 Å². The van der Waals surface area contributed by atoms with Crippen molar-refractivity contribution in [3.05, 3.63) is 67.6 Å². The lowest BCUT2D eigenvalue weighted by Crippen LogP contribution is -2.40. The van der Waals surface area contributed by atoms with Gasteiger partial charge in [0.25, 0.3) is 5.56 Å². The first-order valence-electron chi connectivity index (χ1n) is 9.56. The number of aliphatic hydroxyl groups is 1. The Labute approximate surface area is 173 Å². The van der Waals surface area contributed by atoms with Crippen LogP contribution in [0.4, 0.5) is 0 Å². The minimum atomic E-state index is -1.04. The monoisotopic (exact) mass is 414 g/mol. The third kappa shape index (κ3) is 3.53. The summed E-state index contributed by atoms with van der Waals surface area (Å²) in [4.78, 5) is 38.3. The summed E-state index contributed by atoms with van der Waals surface area (Å²) >= 11 is 0. The average Bonchev–Trinajstić information content (AvgIpc) is 2.68. The summed E-state index contributed by atoms with van der Waals surface area (Å²) in [5.74, 6) is -1.43. The van der Waals surface area contributed by atoms with Gasteiger partial charge in [-0.05, 0) is 23.1 Å². The number of aromatic nitrogens is 2. The molecule has 0 spiro atoms. The molecule has 1 atom stereocenters. The molecule has 0 amide bonds. The molecule has 1 aromatic carbocycles. The summed E-state index contributed by atoms with van der Waals surface area (Å²) < 4.78 is 7.00. The molecular formula is C22H26N2O6. The molecule has 30 heavy (non-hydrogen) atoms. The fraction of sp³-hybridized carbons (Fsp3) is 0.409. The topological polar surface area (TPSA) is 111 Å². The van der Waals surface area contributed by atoms with E-state index in [-0.39, 0.29) is 35.5 Å². The van der Waals surface area contributed by atoms with Crippen LogP contribution in [0.3, 0.4) is 0 Å². The molecule has 1 aliphatic carbocycles. The Morgan fingerprint density at radius 1 is 1.00 bits per heavy atom. The maximum absolute atomic E-state index is 13.1. The van der Waals surface area contributed by atoms with Gasteiger partial charge in [0.15, 0.2) is 5.78 Å². The number of rotatable bonds is 4. The van der Waals surface area contributed by atoms with Crippen LogP contribution in [0.5, 0.6) is 11.6 Å². The highest BCUT2D eigenvalue weighted by atomic mass is 16.5. The lowest BCUT2D eigenvalue weighted by molar-refractivity contribution is -0.118. The molecule has 1 heterocycles. The number of ether oxygens (including phenoxy) is 1. The number of allylic oxidation sites excluding steroid dienone is 2. The number of carbonyl (C=O) groups is 1. The molecule has 1 aliphatic rings. The predicted octanol–water partition coefficient (Wildman–Crippen LogP) is 2.13. The molecule has 8 nitrogen and oxygen atoms in total. The van der Waals surface area contributed by atoms with E-state index in [1.807, 2.05) is 13.8 Å². The van der Waals surface area contributed by atoms with E-state index >= 15 is 0 Å². The maximum Gasteiger partial charge on any atom is 0.333 e. The largest absolute Gasteiger partial charge is 0.512 e. The van der Waals surface area contributed by atoms with Crippen molar-refractivity contribution in [2.45, 2.75) is 32.6 Å². The minimum absolute atomic E-state index is 0.0607. The second-order valence-corrected chi connectivity index (χ2v) is 8.45. The molecule has 0 fully saturated rings. The average molecular weight is 414 g/mol. The molecule has 1 unspecified atom stereocenters. The molecule has 2 aromatic rings. The van der Waals surface area contributed by atoms with Gasteiger partial charge in [-0.15, -0.1) is 0 Å². The highest BCUT2D eigenvalue weighted by Gasteiger charge is 2.40. The van der Waals surface area contributed by atoms with Gasteiger partial charge in [-0.25, -0.2) is 4.79 Å². The number of Topliss-reactive ketones (excluding diaryl/α,β-unsaturated/α-hetero) is 1. The summed E-state index contributed by atoms with van der Waals surface area (Å²) in [5.41, 5.74) is -1.41. The molecule has 160 valence electrons. The summed E-state index contributed by atoms with van der Waals surface area (Å²) in [6.07, 6.45) is 0.444. The van der Waals surface area contributed by atoms with Crippen molar-refractivity contribution in [3.8, 4) is 11.6 Å². The first-order chi connectivity index (χ1) is 14.0. The first kappa shape index (κ1) is 21.4. The fourth-order valence-corrected chi connectivity index (χ4v) is 4.02. The number of hydrogen-bond donors (Lipinski definition) is 2. The maximum atomic E-state index is 13.1. The van der Waals surface area contributed by atoms with Gasteiger partial charge in [-0.3, -0.25) is 18.7 Å². The van der Waals surface area contributed by atoms with Gasteiger partial charge < -0.3 is 14.9 Å². The van der Waals surface area contributed by atoms with Crippen LogP contribution in [0.15, 0.2) is 45.2 Å². The van der Waals surface area contributed by atoms with Crippen LogP contribution >= 0.6 is 0 Å². The van der Waals surface area contributed by atoms with Crippen molar-refractivity contribution in [1.82, 2.24) is 9.13 Å². The van der Waals surface area contributed by atoms with E-state index in [1.54, 1.807) is 24.3 Å². The predicted molar refractivity (Wildman–Crippen MR) is 111 cm³/mol. The SMILES string of the molecule is COc1ccc(C(C2=C(O)CC(C)(C)CC2=O)c2c(O)n(C)c(=O)n(C)c2=O)cc1. The number of ketones is 1. The van der Waals surface area contributed by atoms with E-state index in [4.69, 9.17) is 4.74 Å². The van der Waals surface area contributed by atoms with Crippen molar-refractivity contribution < 1.29 is 19.7 Å². The van der Waals surface area contributed by atoms with Crippen LogP contribution in [0.2, 0.25) is 0 Å². The lowest BCUT2D eigenvalue weighted by atomic mass is 9.71. The van der Waals surface area contributed by atoms with Gasteiger partial charge in [-0.1, -0.05) is 26.0 Å². The van der Waals surface area contributed by atoms with Crippen LogP contribution in [0.25, 0.3) is 0 Å². The zero-order valence-corrected chi connectivity index (χ0v) is 17.7. The Bertz CT molecular complexity index is 1150. The van der Waals surface area contributed by atoms with Crippen LogP contribution in [0.1, 0.15) is 43.7 Å². The number of nitrogens with zero attached hydrogens (tertiary/aromatic N) is 2. The number of hydrogen-bond acceptors (Lipinski definition) is 6. The zero-order valence-electron chi connectivity index (χ0n) is 17.7. The second-order valence-electron chi connectivity index (χ2n) is 8.45. The highest BCUT2D eigenvalue weighted by molar-refractivity contribution is 5.99. The summed E-state index contributed by atoms with van der Waals surface area (Å²) in [6.45, 7) is 3.76. The zero-order chi connectivity index (χ0) is 22.4. The Kier molecular flexibility index (Phi) is 5.36. The number of aliphatic hydroxyl groups excluding tert-OH is 1. The van der Waals surface area contributed by atoms with E-state index < -0.39 is 28.5 Å². The molecule has 0 aliphatic heterocycles. The molecule has 0 radical (unpaired) electrons. The molecule has 0 bridgehead atoms. The van der Waals surface area contributed by atoms with Crippen molar-refractivity contribution in [3.63, 3.8) is 0 Å². The Morgan fingerprint density at radius 3 is 2.13 bits per heavy atom. The number of carbonyl (C=O) groups excluding carboxylic acids is 1. The number of benzene rings is 1. The Hall–Kier alpha value is -3.29. The summed E-state index contributed by atoms with van der Waals surface area (Å²) in [7, 11) is 4.16. The van der Waals surface area contributed by atoms with Gasteiger partial charge in [0.2, 0.25) is 5.88 Å². The third-order valence-electron chi connectivity index (χ3n) is 5.59. The third-order valence-corrected chi connectivity index (χ3v) is 5.59. The van der Waals surface area contributed by atoms with Gasteiger partial charge in [0.1, 0.15) is 11.5 Å². The fourth-order valence-electron chi connectivity index (χ4n) is 4.02. The molecule has 2 N–H and O–H groups in total. The van der Waals surface area contributed by atoms with Gasteiger partial charge in [0, 0.05) is 32.5 Å². The van der Waals surface area contributed by atoms with Gasteiger partial charge in [0.05, 0.1) is 18.6 Å². The van der Waals surface area contributed by atoms with Gasteiger partial charge in [-0.2, -0.15) is 0 Å². The van der Waals surface area contributed by atoms with E-state index in [9.17, 15) is 24.6 Å². The van der Waals surface area contributed by atoms with E-state index in [2.05, 4.69) is 0 Å². The first-order valence-corrected chi connectivity index (χ1v) is 9.56. The van der Waals surface area contributed by atoms with E-state index in [1.165, 1.54) is 21.2 Å².